The number of nitrogens with zero attached hydrogens (tertiary/aromatic N) is 5. The molecule has 5 heterocycles. The molecular formula is C28H29F3N6O4. The van der Waals surface area contributed by atoms with Gasteiger partial charge in [-0.2, -0.15) is 13.2 Å². The van der Waals surface area contributed by atoms with Gasteiger partial charge in [0.25, 0.3) is 0 Å². The van der Waals surface area contributed by atoms with Crippen LogP contribution in [0.15, 0.2) is 48.8 Å². The molecule has 10 nitrogen and oxygen atoms in total. The third-order valence-electron chi connectivity index (χ3n) is 7.22. The van der Waals surface area contributed by atoms with Crippen molar-refractivity contribution in [2.24, 2.45) is 0 Å². The van der Waals surface area contributed by atoms with E-state index in [1.165, 1.54) is 18.3 Å². The summed E-state index contributed by atoms with van der Waals surface area (Å²) in [7, 11) is 0. The van der Waals surface area contributed by atoms with Crippen molar-refractivity contribution in [3.63, 3.8) is 0 Å². The van der Waals surface area contributed by atoms with E-state index in [4.69, 9.17) is 14.2 Å². The lowest BCUT2D eigenvalue weighted by Gasteiger charge is -2.45. The number of nitrogens with one attached hydrogen (secondary N) is 1. The van der Waals surface area contributed by atoms with Gasteiger partial charge in [0.2, 0.25) is 5.88 Å². The van der Waals surface area contributed by atoms with E-state index in [0.29, 0.717) is 36.2 Å². The Labute approximate surface area is 234 Å². The molecule has 41 heavy (non-hydrogen) atoms. The molecule has 2 fully saturated rings. The Hall–Kier alpha value is -3.97. The molecule has 2 bridgehead atoms. The van der Waals surface area contributed by atoms with E-state index >= 15 is 0 Å². The Morgan fingerprint density at radius 3 is 2.85 bits per heavy atom. The molecule has 6 rings (SSSR count). The number of alkyl halides is 3. The number of benzene rings is 1. The minimum atomic E-state index is -4.50. The zero-order valence-electron chi connectivity index (χ0n) is 22.5. The predicted molar refractivity (Wildman–Crippen MR) is 144 cm³/mol. The molecule has 13 heteroatoms. The fraction of sp³-hybridized carbons (Fsp3) is 0.429. The molecule has 3 aliphatic rings. The lowest BCUT2D eigenvalue weighted by atomic mass is 10.0. The zero-order valence-corrected chi connectivity index (χ0v) is 22.5. The summed E-state index contributed by atoms with van der Waals surface area (Å²) in [6.45, 7) is 5.69. The predicted octanol–water partition coefficient (Wildman–Crippen LogP) is 5.11. The smallest absolute Gasteiger partial charge is 0.416 e. The van der Waals surface area contributed by atoms with Crippen LogP contribution in [0.25, 0.3) is 11.4 Å². The summed E-state index contributed by atoms with van der Waals surface area (Å²) in [6.07, 6.45) is 0.00221. The van der Waals surface area contributed by atoms with E-state index in [9.17, 15) is 18.0 Å². The highest BCUT2D eigenvalue weighted by atomic mass is 19.4. The lowest BCUT2D eigenvalue weighted by Crippen LogP contribution is -2.56. The third-order valence-corrected chi connectivity index (χ3v) is 7.22. The second-order valence-corrected chi connectivity index (χ2v) is 10.7. The van der Waals surface area contributed by atoms with Crippen LogP contribution in [0.4, 0.5) is 35.2 Å². The summed E-state index contributed by atoms with van der Waals surface area (Å²) in [5.74, 6) is 0.108. The van der Waals surface area contributed by atoms with E-state index in [1.807, 2.05) is 13.8 Å². The number of halogens is 3. The fourth-order valence-electron chi connectivity index (χ4n) is 5.33. The lowest BCUT2D eigenvalue weighted by molar-refractivity contribution is -0.141. The van der Waals surface area contributed by atoms with Gasteiger partial charge in [0, 0.05) is 36.6 Å². The van der Waals surface area contributed by atoms with E-state index in [2.05, 4.69) is 25.2 Å². The minimum Gasteiger partial charge on any atom is -0.475 e. The Balaban J connectivity index is 1.24. The molecule has 2 atom stereocenters. The third kappa shape index (κ3) is 5.77. The number of anilines is 3. The van der Waals surface area contributed by atoms with Crippen molar-refractivity contribution in [2.45, 2.75) is 50.8 Å². The first-order valence-corrected chi connectivity index (χ1v) is 13.4. The minimum absolute atomic E-state index is 0.106. The number of urea groups is 1. The number of hydrogen-bond acceptors (Lipinski definition) is 8. The average molecular weight is 571 g/mol. The number of carbonyl (C=O) groups excluding carboxylic acids is 1. The van der Waals surface area contributed by atoms with Crippen molar-refractivity contribution in [2.75, 3.05) is 41.4 Å². The molecule has 2 saturated heterocycles. The van der Waals surface area contributed by atoms with Gasteiger partial charge in [0.1, 0.15) is 12.7 Å². The first kappa shape index (κ1) is 27.2. The van der Waals surface area contributed by atoms with Crippen molar-refractivity contribution in [1.82, 2.24) is 15.0 Å². The van der Waals surface area contributed by atoms with Crippen molar-refractivity contribution in [3.8, 4) is 17.3 Å². The highest BCUT2D eigenvalue weighted by Crippen LogP contribution is 2.39. The number of pyridine rings is 1. The Bertz CT molecular complexity index is 1450. The summed E-state index contributed by atoms with van der Waals surface area (Å²) < 4.78 is 57.1. The summed E-state index contributed by atoms with van der Waals surface area (Å²) in [6, 6.07) is 7.53. The van der Waals surface area contributed by atoms with Crippen LogP contribution < -0.4 is 19.9 Å². The Kier molecular flexibility index (Phi) is 6.94. The van der Waals surface area contributed by atoms with Crippen LogP contribution in [-0.4, -0.2) is 65.2 Å². The maximum atomic E-state index is 13.7. The molecule has 2 aromatic heterocycles. The van der Waals surface area contributed by atoms with Gasteiger partial charge in [-0.25, -0.2) is 19.7 Å². The standard InChI is InChI=1S/C28H29F3N6O4/c1-27(2)40-16-21(41-27)15-39-23-12-19(8-9-32-23)34-26(38)37-20-7-4-10-36(14-20)22-13-33-24(35-25(22)37)17-5-3-6-18(11-17)28(29,30)31/h3,5-6,8-9,11-13,20-21H,4,7,10,14-16H2,1-2H3,(H,32,34,38)/t20-,21+/m0/s1. The monoisotopic (exact) mass is 570 g/mol. The number of hydrogen-bond donors (Lipinski definition) is 1. The molecule has 3 aliphatic heterocycles. The zero-order chi connectivity index (χ0) is 28.8. The largest absolute Gasteiger partial charge is 0.475 e. The topological polar surface area (TPSA) is 102 Å². The molecule has 0 radical (unpaired) electrons. The van der Waals surface area contributed by atoms with E-state index < -0.39 is 23.6 Å². The number of fused-ring (bicyclic) bond motifs is 4. The van der Waals surface area contributed by atoms with Crippen LogP contribution in [0.1, 0.15) is 32.3 Å². The van der Waals surface area contributed by atoms with Crippen LogP contribution in [0, 0.1) is 0 Å². The maximum Gasteiger partial charge on any atom is 0.416 e. The molecule has 0 saturated carbocycles. The molecule has 216 valence electrons. The number of rotatable bonds is 5. The highest BCUT2D eigenvalue weighted by molar-refractivity contribution is 6.04. The van der Waals surface area contributed by atoms with Crippen LogP contribution >= 0.6 is 0 Å². The van der Waals surface area contributed by atoms with E-state index in [1.54, 1.807) is 23.2 Å². The number of amides is 2. The molecule has 1 N–H and O–H groups in total. The van der Waals surface area contributed by atoms with Gasteiger partial charge in [-0.15, -0.1) is 0 Å². The second kappa shape index (κ2) is 10.5. The summed E-state index contributed by atoms with van der Waals surface area (Å²) >= 11 is 0. The van der Waals surface area contributed by atoms with Crippen molar-refractivity contribution >= 4 is 23.2 Å². The number of carbonyl (C=O) groups is 1. The summed E-state index contributed by atoms with van der Waals surface area (Å²) in [4.78, 5) is 30.6. The Morgan fingerprint density at radius 1 is 1.22 bits per heavy atom. The first-order valence-electron chi connectivity index (χ1n) is 13.4. The van der Waals surface area contributed by atoms with Gasteiger partial charge in [-0.05, 0) is 44.9 Å². The molecule has 1 aromatic carbocycles. The van der Waals surface area contributed by atoms with E-state index in [0.717, 1.165) is 31.5 Å². The molecule has 0 unspecified atom stereocenters. The fourth-order valence-corrected chi connectivity index (χ4v) is 5.33. The van der Waals surface area contributed by atoms with Crippen LogP contribution in [0.2, 0.25) is 0 Å². The molecule has 0 spiro atoms. The highest BCUT2D eigenvalue weighted by Gasteiger charge is 2.39. The van der Waals surface area contributed by atoms with Gasteiger partial charge in [-0.1, -0.05) is 12.1 Å². The SMILES string of the molecule is CC1(C)OC[C@@H](COc2cc(NC(=O)N3c4nc(-c5cccc(C(F)(F)F)c5)ncc4N4CCC[C@H]3C4)ccn2)O1. The Morgan fingerprint density at radius 2 is 2.07 bits per heavy atom. The van der Waals surface area contributed by atoms with Crippen LogP contribution in [-0.2, 0) is 15.7 Å². The molecule has 2 amide bonds. The number of ether oxygens (including phenoxy) is 3. The second-order valence-electron chi connectivity index (χ2n) is 10.7. The van der Waals surface area contributed by atoms with Gasteiger partial charge >= 0.3 is 12.2 Å². The average Bonchev–Trinajstić information content (AvgIpc) is 3.30. The molecule has 3 aromatic rings. The summed E-state index contributed by atoms with van der Waals surface area (Å²) in [5.41, 5.74) is 0.547. The van der Waals surface area contributed by atoms with Crippen molar-refractivity contribution < 1.29 is 32.2 Å². The van der Waals surface area contributed by atoms with Crippen molar-refractivity contribution in [1.29, 1.82) is 0 Å². The van der Waals surface area contributed by atoms with Gasteiger partial charge < -0.3 is 24.4 Å². The number of piperidine rings is 1. The maximum absolute atomic E-state index is 13.7. The van der Waals surface area contributed by atoms with Crippen LogP contribution in [0.5, 0.6) is 5.88 Å². The molecule has 0 aliphatic carbocycles. The van der Waals surface area contributed by atoms with Gasteiger partial charge in [-0.3, -0.25) is 4.90 Å². The van der Waals surface area contributed by atoms with Crippen molar-refractivity contribution in [3.05, 3.63) is 54.4 Å². The summed E-state index contributed by atoms with van der Waals surface area (Å²) in [5, 5.41) is 2.91. The van der Waals surface area contributed by atoms with E-state index in [-0.39, 0.29) is 30.1 Å². The van der Waals surface area contributed by atoms with Crippen LogP contribution in [0.3, 0.4) is 0 Å². The first-order chi connectivity index (χ1) is 19.6. The van der Waals surface area contributed by atoms with Gasteiger partial charge in [0.15, 0.2) is 17.4 Å². The number of aromatic nitrogens is 3. The molecular weight excluding hydrogens is 541 g/mol. The quantitative estimate of drug-likeness (QED) is 0.452. The normalized spacial score (nSPS) is 21.4. The van der Waals surface area contributed by atoms with Gasteiger partial charge in [0.05, 0.1) is 30.1 Å².